The predicted molar refractivity (Wildman–Crippen MR) is 92.0 cm³/mol. The Hall–Kier alpha value is -1.43. The highest BCUT2D eigenvalue weighted by atomic mass is 16.2. The van der Waals surface area contributed by atoms with Crippen molar-refractivity contribution in [1.82, 2.24) is 14.7 Å². The summed E-state index contributed by atoms with van der Waals surface area (Å²) in [5.41, 5.74) is 6.84. The molecule has 1 aromatic carbocycles. The molecule has 3 rings (SSSR count). The summed E-state index contributed by atoms with van der Waals surface area (Å²) in [5.74, 6) is 0.0573. The smallest absolute Gasteiger partial charge is 0.236 e. The summed E-state index contributed by atoms with van der Waals surface area (Å²) < 4.78 is 0. The van der Waals surface area contributed by atoms with E-state index in [1.807, 2.05) is 11.0 Å². The molecule has 0 radical (unpaired) electrons. The van der Waals surface area contributed by atoms with Crippen LogP contribution in [0.15, 0.2) is 30.3 Å². The van der Waals surface area contributed by atoms with Gasteiger partial charge in [0.05, 0.1) is 12.6 Å². The van der Waals surface area contributed by atoms with E-state index >= 15 is 0 Å². The minimum absolute atomic E-state index is 0.0573. The van der Waals surface area contributed by atoms with Gasteiger partial charge in [-0.15, -0.1) is 0 Å². The average molecular weight is 316 g/mol. The lowest BCUT2D eigenvalue weighted by molar-refractivity contribution is -0.135. The van der Waals surface area contributed by atoms with Gasteiger partial charge in [-0.2, -0.15) is 0 Å². The van der Waals surface area contributed by atoms with Crippen LogP contribution in [0.2, 0.25) is 0 Å². The standard InChI is InChI=1S/C18H28N4O/c1-20-9-7-16(8-10-20)21-11-12-22(18(23)13-19)17(14-21)15-5-3-2-4-6-15/h2-6,16-17H,7-14,19H2,1H3. The zero-order chi connectivity index (χ0) is 16.2. The minimum Gasteiger partial charge on any atom is -0.332 e. The van der Waals surface area contributed by atoms with Gasteiger partial charge in [-0.1, -0.05) is 30.3 Å². The molecule has 2 saturated heterocycles. The van der Waals surface area contributed by atoms with Crippen molar-refractivity contribution >= 4 is 5.91 Å². The van der Waals surface area contributed by atoms with Gasteiger partial charge >= 0.3 is 0 Å². The SMILES string of the molecule is CN1CCC(N2CCN(C(=O)CN)C(c3ccccc3)C2)CC1. The molecule has 2 aliphatic heterocycles. The Morgan fingerprint density at radius 3 is 2.48 bits per heavy atom. The topological polar surface area (TPSA) is 52.8 Å². The molecule has 1 amide bonds. The molecular weight excluding hydrogens is 288 g/mol. The van der Waals surface area contributed by atoms with Crippen LogP contribution in [0.5, 0.6) is 0 Å². The summed E-state index contributed by atoms with van der Waals surface area (Å²) in [7, 11) is 2.20. The number of nitrogens with two attached hydrogens (primary N) is 1. The third-order valence-electron chi connectivity index (χ3n) is 5.30. The Labute approximate surface area is 139 Å². The highest BCUT2D eigenvalue weighted by molar-refractivity contribution is 5.78. The summed E-state index contributed by atoms with van der Waals surface area (Å²) >= 11 is 0. The fraction of sp³-hybridized carbons (Fsp3) is 0.611. The third-order valence-corrected chi connectivity index (χ3v) is 5.30. The van der Waals surface area contributed by atoms with Crippen LogP contribution in [-0.2, 0) is 4.79 Å². The second-order valence-corrected chi connectivity index (χ2v) is 6.75. The first-order valence-corrected chi connectivity index (χ1v) is 8.66. The molecule has 2 N–H and O–H groups in total. The van der Waals surface area contributed by atoms with Gasteiger partial charge < -0.3 is 15.5 Å². The van der Waals surface area contributed by atoms with Crippen molar-refractivity contribution in [3.63, 3.8) is 0 Å². The fourth-order valence-electron chi connectivity index (χ4n) is 3.87. The molecule has 1 aromatic rings. The first-order valence-electron chi connectivity index (χ1n) is 8.66. The number of nitrogens with zero attached hydrogens (tertiary/aromatic N) is 3. The largest absolute Gasteiger partial charge is 0.332 e. The van der Waals surface area contributed by atoms with Gasteiger partial charge in [-0.3, -0.25) is 9.69 Å². The number of piperidine rings is 1. The van der Waals surface area contributed by atoms with Gasteiger partial charge in [0.1, 0.15) is 0 Å². The second-order valence-electron chi connectivity index (χ2n) is 6.75. The van der Waals surface area contributed by atoms with Crippen molar-refractivity contribution in [3.05, 3.63) is 35.9 Å². The number of carbonyl (C=O) groups excluding carboxylic acids is 1. The van der Waals surface area contributed by atoms with Gasteiger partial charge in [0.15, 0.2) is 0 Å². The van der Waals surface area contributed by atoms with Crippen LogP contribution in [0, 0.1) is 0 Å². The quantitative estimate of drug-likeness (QED) is 0.901. The average Bonchev–Trinajstić information content (AvgIpc) is 2.62. The molecule has 0 saturated carbocycles. The number of amides is 1. The molecule has 23 heavy (non-hydrogen) atoms. The van der Waals surface area contributed by atoms with Gasteiger partial charge in [0, 0.05) is 25.7 Å². The second kappa shape index (κ2) is 7.43. The summed E-state index contributed by atoms with van der Waals surface area (Å²) in [4.78, 5) is 19.2. The van der Waals surface area contributed by atoms with E-state index < -0.39 is 0 Å². The van der Waals surface area contributed by atoms with Crippen LogP contribution in [0.1, 0.15) is 24.4 Å². The molecule has 2 aliphatic rings. The zero-order valence-electron chi connectivity index (χ0n) is 14.0. The maximum atomic E-state index is 12.3. The van der Waals surface area contributed by atoms with Crippen LogP contribution >= 0.6 is 0 Å². The van der Waals surface area contributed by atoms with E-state index in [2.05, 4.69) is 41.1 Å². The first-order chi connectivity index (χ1) is 11.2. The molecule has 0 bridgehead atoms. The van der Waals surface area contributed by atoms with E-state index in [9.17, 15) is 4.79 Å². The third kappa shape index (κ3) is 3.74. The predicted octanol–water partition coefficient (Wildman–Crippen LogP) is 0.925. The fourth-order valence-corrected chi connectivity index (χ4v) is 3.87. The zero-order valence-corrected chi connectivity index (χ0v) is 14.0. The lowest BCUT2D eigenvalue weighted by atomic mass is 9.97. The van der Waals surface area contributed by atoms with Crippen LogP contribution in [0.3, 0.4) is 0 Å². The first kappa shape index (κ1) is 16.4. The molecule has 1 unspecified atom stereocenters. The molecule has 5 nitrogen and oxygen atoms in total. The molecule has 0 aliphatic carbocycles. The Balaban J connectivity index is 1.75. The summed E-state index contributed by atoms with van der Waals surface area (Å²) in [6, 6.07) is 11.1. The molecule has 0 spiro atoms. The van der Waals surface area contributed by atoms with Crippen molar-refractivity contribution in [3.8, 4) is 0 Å². The van der Waals surface area contributed by atoms with Crippen LogP contribution in [-0.4, -0.2) is 73.0 Å². The van der Waals surface area contributed by atoms with Crippen LogP contribution in [0.4, 0.5) is 0 Å². The molecule has 0 aromatic heterocycles. The van der Waals surface area contributed by atoms with E-state index in [4.69, 9.17) is 5.73 Å². The number of benzene rings is 1. The highest BCUT2D eigenvalue weighted by Gasteiger charge is 2.34. The Morgan fingerprint density at radius 2 is 1.83 bits per heavy atom. The van der Waals surface area contributed by atoms with E-state index in [-0.39, 0.29) is 18.5 Å². The molecular formula is C18H28N4O. The Morgan fingerprint density at radius 1 is 1.13 bits per heavy atom. The molecule has 5 heteroatoms. The van der Waals surface area contributed by atoms with E-state index in [1.165, 1.54) is 31.5 Å². The molecule has 1 atom stereocenters. The molecule has 126 valence electrons. The number of hydrogen-bond acceptors (Lipinski definition) is 4. The lowest BCUT2D eigenvalue weighted by Gasteiger charge is -2.46. The highest BCUT2D eigenvalue weighted by Crippen LogP contribution is 2.28. The van der Waals surface area contributed by atoms with Gasteiger partial charge in [0.2, 0.25) is 5.91 Å². The summed E-state index contributed by atoms with van der Waals surface area (Å²) in [6.07, 6.45) is 2.45. The number of hydrogen-bond donors (Lipinski definition) is 1. The van der Waals surface area contributed by atoms with Crippen molar-refractivity contribution < 1.29 is 4.79 Å². The molecule has 2 fully saturated rings. The minimum atomic E-state index is 0.0573. The number of carbonyl (C=O) groups is 1. The van der Waals surface area contributed by atoms with Crippen molar-refractivity contribution in [2.75, 3.05) is 46.3 Å². The van der Waals surface area contributed by atoms with E-state index in [0.717, 1.165) is 19.6 Å². The number of likely N-dealkylation sites (tertiary alicyclic amines) is 1. The van der Waals surface area contributed by atoms with Gasteiger partial charge in [-0.25, -0.2) is 0 Å². The normalized spacial score (nSPS) is 24.8. The summed E-state index contributed by atoms with van der Waals surface area (Å²) in [5, 5.41) is 0. The van der Waals surface area contributed by atoms with Crippen molar-refractivity contribution in [2.24, 2.45) is 5.73 Å². The Bertz CT molecular complexity index is 513. The molecule has 2 heterocycles. The van der Waals surface area contributed by atoms with Gasteiger partial charge in [0.25, 0.3) is 0 Å². The van der Waals surface area contributed by atoms with Crippen LogP contribution in [0.25, 0.3) is 0 Å². The van der Waals surface area contributed by atoms with Crippen LogP contribution < -0.4 is 5.73 Å². The lowest BCUT2D eigenvalue weighted by Crippen LogP contribution is -2.56. The summed E-state index contributed by atoms with van der Waals surface area (Å²) in [6.45, 7) is 5.10. The monoisotopic (exact) mass is 316 g/mol. The maximum Gasteiger partial charge on any atom is 0.236 e. The van der Waals surface area contributed by atoms with Crippen molar-refractivity contribution in [1.29, 1.82) is 0 Å². The van der Waals surface area contributed by atoms with E-state index in [0.29, 0.717) is 6.04 Å². The number of piperazine rings is 1. The Kier molecular flexibility index (Phi) is 5.30. The number of rotatable bonds is 3. The maximum absolute atomic E-state index is 12.3. The van der Waals surface area contributed by atoms with Crippen molar-refractivity contribution in [2.45, 2.75) is 24.9 Å². The van der Waals surface area contributed by atoms with Gasteiger partial charge in [-0.05, 0) is 38.5 Å². The van der Waals surface area contributed by atoms with E-state index in [1.54, 1.807) is 0 Å².